The molecule has 3 heteroatoms. The SMILES string of the molecule is CC1(C)CC(=N)/C(=C/O)C(=O)C1. The average molecular weight is 167 g/mol. The van der Waals surface area contributed by atoms with Crippen LogP contribution >= 0.6 is 0 Å². The highest BCUT2D eigenvalue weighted by Gasteiger charge is 2.33. The third-order valence-corrected chi connectivity index (χ3v) is 2.05. The van der Waals surface area contributed by atoms with E-state index in [1.165, 1.54) is 0 Å². The molecule has 0 radical (unpaired) electrons. The van der Waals surface area contributed by atoms with Crippen LogP contribution in [0, 0.1) is 10.8 Å². The first kappa shape index (κ1) is 8.97. The number of hydrogen-bond donors (Lipinski definition) is 2. The molecule has 0 spiro atoms. The summed E-state index contributed by atoms with van der Waals surface area (Å²) in [5, 5.41) is 16.2. The molecule has 0 amide bonds. The van der Waals surface area contributed by atoms with Crippen molar-refractivity contribution in [2.24, 2.45) is 5.41 Å². The molecular formula is C9H13NO2. The van der Waals surface area contributed by atoms with Crippen LogP contribution in [0.4, 0.5) is 0 Å². The van der Waals surface area contributed by atoms with E-state index >= 15 is 0 Å². The maximum Gasteiger partial charge on any atom is 0.168 e. The van der Waals surface area contributed by atoms with E-state index in [9.17, 15) is 4.79 Å². The number of hydrogen-bond acceptors (Lipinski definition) is 3. The summed E-state index contributed by atoms with van der Waals surface area (Å²) in [4.78, 5) is 11.3. The molecule has 0 saturated heterocycles. The van der Waals surface area contributed by atoms with Gasteiger partial charge >= 0.3 is 0 Å². The summed E-state index contributed by atoms with van der Waals surface area (Å²) < 4.78 is 0. The normalized spacial score (nSPS) is 26.3. The van der Waals surface area contributed by atoms with Crippen LogP contribution in [0.2, 0.25) is 0 Å². The van der Waals surface area contributed by atoms with Crippen molar-refractivity contribution >= 4 is 11.5 Å². The predicted molar refractivity (Wildman–Crippen MR) is 46.5 cm³/mol. The topological polar surface area (TPSA) is 61.1 Å². The average Bonchev–Trinajstić information content (AvgIpc) is 1.82. The summed E-state index contributed by atoms with van der Waals surface area (Å²) in [6.45, 7) is 3.90. The maximum absolute atomic E-state index is 11.3. The van der Waals surface area contributed by atoms with Gasteiger partial charge in [-0.25, -0.2) is 0 Å². The number of nitrogens with one attached hydrogen (secondary N) is 1. The zero-order valence-electron chi connectivity index (χ0n) is 7.35. The first-order valence-corrected chi connectivity index (χ1v) is 3.92. The van der Waals surface area contributed by atoms with Gasteiger partial charge in [0.1, 0.15) is 0 Å². The number of carbonyl (C=O) groups excluding carboxylic acids is 1. The summed E-state index contributed by atoms with van der Waals surface area (Å²) in [5.41, 5.74) is 0.300. The van der Waals surface area contributed by atoms with Crippen molar-refractivity contribution in [1.29, 1.82) is 5.41 Å². The Balaban J connectivity index is 2.93. The lowest BCUT2D eigenvalue weighted by Gasteiger charge is -2.29. The Morgan fingerprint density at radius 2 is 2.08 bits per heavy atom. The molecule has 0 unspecified atom stereocenters. The van der Waals surface area contributed by atoms with Gasteiger partial charge in [0, 0.05) is 12.1 Å². The first-order chi connectivity index (χ1) is 5.46. The van der Waals surface area contributed by atoms with Crippen molar-refractivity contribution in [2.45, 2.75) is 26.7 Å². The van der Waals surface area contributed by atoms with Crippen LogP contribution in [-0.2, 0) is 4.79 Å². The monoisotopic (exact) mass is 167 g/mol. The van der Waals surface area contributed by atoms with Crippen LogP contribution in [0.1, 0.15) is 26.7 Å². The molecule has 0 aromatic carbocycles. The van der Waals surface area contributed by atoms with Crippen LogP contribution in [0.5, 0.6) is 0 Å². The maximum atomic E-state index is 11.3. The van der Waals surface area contributed by atoms with Gasteiger partial charge in [-0.15, -0.1) is 0 Å². The van der Waals surface area contributed by atoms with Crippen LogP contribution in [0.3, 0.4) is 0 Å². The Labute approximate surface area is 71.6 Å². The molecule has 0 bridgehead atoms. The highest BCUT2D eigenvalue weighted by molar-refractivity contribution is 6.23. The zero-order valence-corrected chi connectivity index (χ0v) is 7.35. The van der Waals surface area contributed by atoms with Crippen molar-refractivity contribution in [3.8, 4) is 0 Å². The molecule has 1 saturated carbocycles. The van der Waals surface area contributed by atoms with Gasteiger partial charge in [0.05, 0.1) is 11.8 Å². The lowest BCUT2D eigenvalue weighted by atomic mass is 9.74. The fraction of sp³-hybridized carbons (Fsp3) is 0.556. The van der Waals surface area contributed by atoms with Gasteiger partial charge in [0.2, 0.25) is 0 Å². The van der Waals surface area contributed by atoms with E-state index in [2.05, 4.69) is 0 Å². The molecule has 1 aliphatic rings. The molecule has 0 aliphatic heterocycles. The Hall–Kier alpha value is -1.12. The lowest BCUT2D eigenvalue weighted by molar-refractivity contribution is -0.117. The number of ketones is 1. The number of Topliss-reactive ketones (excluding diaryl/α,β-unsaturated/α-hetero) is 1. The summed E-state index contributed by atoms with van der Waals surface area (Å²) in [6, 6.07) is 0. The highest BCUT2D eigenvalue weighted by Crippen LogP contribution is 2.33. The Morgan fingerprint density at radius 3 is 2.50 bits per heavy atom. The quantitative estimate of drug-likeness (QED) is 0.427. The Bertz CT molecular complexity index is 242. The van der Waals surface area contributed by atoms with Crippen molar-refractivity contribution in [3.05, 3.63) is 11.8 Å². The second-order valence-electron chi connectivity index (χ2n) is 3.96. The fourth-order valence-corrected chi connectivity index (χ4v) is 1.48. The summed E-state index contributed by atoms with van der Waals surface area (Å²) in [5.74, 6) is -0.126. The fourth-order valence-electron chi connectivity index (χ4n) is 1.48. The number of rotatable bonds is 0. The van der Waals surface area contributed by atoms with E-state index in [-0.39, 0.29) is 22.5 Å². The summed E-state index contributed by atoms with van der Waals surface area (Å²) in [7, 11) is 0. The Morgan fingerprint density at radius 1 is 1.50 bits per heavy atom. The van der Waals surface area contributed by atoms with Gasteiger partial charge in [0.15, 0.2) is 5.78 Å². The van der Waals surface area contributed by atoms with Crippen LogP contribution in [0.15, 0.2) is 11.8 Å². The second kappa shape index (κ2) is 2.73. The molecule has 2 N–H and O–H groups in total. The molecule has 1 rings (SSSR count). The highest BCUT2D eigenvalue weighted by atomic mass is 16.2. The molecule has 3 nitrogen and oxygen atoms in total. The van der Waals surface area contributed by atoms with E-state index in [0.717, 1.165) is 6.26 Å². The summed E-state index contributed by atoms with van der Waals surface area (Å²) in [6.07, 6.45) is 1.73. The minimum absolute atomic E-state index is 0.124. The third kappa shape index (κ3) is 1.55. The van der Waals surface area contributed by atoms with E-state index < -0.39 is 0 Å². The van der Waals surface area contributed by atoms with E-state index in [0.29, 0.717) is 12.8 Å². The molecule has 1 fully saturated rings. The third-order valence-electron chi connectivity index (χ3n) is 2.05. The van der Waals surface area contributed by atoms with Gasteiger partial charge in [-0.1, -0.05) is 13.8 Å². The van der Waals surface area contributed by atoms with Gasteiger partial charge < -0.3 is 10.5 Å². The first-order valence-electron chi connectivity index (χ1n) is 3.92. The van der Waals surface area contributed by atoms with Crippen molar-refractivity contribution in [3.63, 3.8) is 0 Å². The predicted octanol–water partition coefficient (Wildman–Crippen LogP) is 1.84. The molecule has 0 aromatic heterocycles. The molecule has 12 heavy (non-hydrogen) atoms. The number of aliphatic hydroxyl groups is 1. The van der Waals surface area contributed by atoms with Gasteiger partial charge in [0.25, 0.3) is 0 Å². The zero-order chi connectivity index (χ0) is 9.35. The van der Waals surface area contributed by atoms with Gasteiger partial charge in [-0.05, 0) is 11.8 Å². The van der Waals surface area contributed by atoms with E-state index in [1.807, 2.05) is 13.8 Å². The molecule has 1 aliphatic carbocycles. The van der Waals surface area contributed by atoms with Crippen molar-refractivity contribution in [1.82, 2.24) is 0 Å². The Kier molecular flexibility index (Phi) is 2.04. The molecule has 0 aromatic rings. The molecule has 0 heterocycles. The van der Waals surface area contributed by atoms with Crippen LogP contribution in [0.25, 0.3) is 0 Å². The number of allylic oxidation sites excluding steroid dienone is 1. The van der Waals surface area contributed by atoms with Crippen molar-refractivity contribution in [2.75, 3.05) is 0 Å². The minimum Gasteiger partial charge on any atom is -0.515 e. The van der Waals surface area contributed by atoms with Crippen molar-refractivity contribution < 1.29 is 9.90 Å². The summed E-state index contributed by atoms with van der Waals surface area (Å²) >= 11 is 0. The minimum atomic E-state index is -0.126. The van der Waals surface area contributed by atoms with Gasteiger partial charge in [-0.3, -0.25) is 4.79 Å². The standard InChI is InChI=1S/C9H13NO2/c1-9(2)3-7(10)6(5-11)8(12)4-9/h5,10-11H,3-4H2,1-2H3/b6-5-,10-7?. The largest absolute Gasteiger partial charge is 0.515 e. The molecule has 0 atom stereocenters. The molecular weight excluding hydrogens is 154 g/mol. The van der Waals surface area contributed by atoms with Crippen LogP contribution < -0.4 is 0 Å². The molecule has 66 valence electrons. The second-order valence-corrected chi connectivity index (χ2v) is 3.96. The van der Waals surface area contributed by atoms with E-state index in [1.54, 1.807) is 0 Å². The lowest BCUT2D eigenvalue weighted by Crippen LogP contribution is -2.31. The van der Waals surface area contributed by atoms with Gasteiger partial charge in [-0.2, -0.15) is 0 Å². The van der Waals surface area contributed by atoms with E-state index in [4.69, 9.17) is 10.5 Å². The smallest absolute Gasteiger partial charge is 0.168 e. The number of carbonyl (C=O) groups is 1. The number of aliphatic hydroxyl groups excluding tert-OH is 1. The van der Waals surface area contributed by atoms with Crippen LogP contribution in [-0.4, -0.2) is 16.6 Å².